The summed E-state index contributed by atoms with van der Waals surface area (Å²) in [6, 6.07) is 8.33. The molecule has 0 radical (unpaired) electrons. The fraction of sp³-hybridized carbons (Fsp3) is 0.385. The van der Waals surface area contributed by atoms with Gasteiger partial charge in [-0.05, 0) is 24.1 Å². The molecule has 0 saturated carbocycles. The quantitative estimate of drug-likeness (QED) is 0.798. The lowest BCUT2D eigenvalue weighted by molar-refractivity contribution is 0.304. The van der Waals surface area contributed by atoms with Gasteiger partial charge in [0.25, 0.3) is 0 Å². The average Bonchev–Trinajstić information content (AvgIpc) is 2.27. The van der Waals surface area contributed by atoms with Gasteiger partial charge in [0.1, 0.15) is 0 Å². The van der Waals surface area contributed by atoms with E-state index < -0.39 is 0 Å². The van der Waals surface area contributed by atoms with Crippen molar-refractivity contribution < 1.29 is 5.11 Å². The number of anilines is 1. The third-order valence-corrected chi connectivity index (χ3v) is 2.32. The predicted molar refractivity (Wildman–Crippen MR) is 66.1 cm³/mol. The molecule has 0 saturated heterocycles. The molecule has 82 valence electrons. The number of aliphatic hydroxyl groups is 1. The molecule has 0 unspecified atom stereocenters. The summed E-state index contributed by atoms with van der Waals surface area (Å²) in [5.41, 5.74) is 2.36. The van der Waals surface area contributed by atoms with Crippen molar-refractivity contribution in [2.75, 3.05) is 25.1 Å². The average molecular weight is 205 g/mol. The molecule has 0 aliphatic carbocycles. The molecular formula is C13H19NO. The molecule has 0 atom stereocenters. The Labute approximate surface area is 91.9 Å². The Kier molecular flexibility index (Phi) is 4.91. The van der Waals surface area contributed by atoms with Gasteiger partial charge < -0.3 is 10.0 Å². The largest absolute Gasteiger partial charge is 0.395 e. The highest BCUT2D eigenvalue weighted by molar-refractivity contribution is 5.55. The zero-order valence-electron chi connectivity index (χ0n) is 9.48. The molecule has 2 nitrogen and oxygen atoms in total. The lowest BCUT2D eigenvalue weighted by Crippen LogP contribution is -2.20. The van der Waals surface area contributed by atoms with Gasteiger partial charge in [-0.2, -0.15) is 0 Å². The lowest BCUT2D eigenvalue weighted by atomic mass is 10.2. The van der Waals surface area contributed by atoms with Crippen molar-refractivity contribution >= 4 is 11.8 Å². The second-order valence-electron chi connectivity index (χ2n) is 3.55. The van der Waals surface area contributed by atoms with Gasteiger partial charge in [-0.1, -0.05) is 31.2 Å². The number of benzene rings is 1. The van der Waals surface area contributed by atoms with Gasteiger partial charge in [0, 0.05) is 19.3 Å². The normalized spacial score (nSPS) is 10.9. The maximum absolute atomic E-state index is 8.82. The van der Waals surface area contributed by atoms with E-state index in [0.717, 1.165) is 12.1 Å². The molecule has 0 fully saturated rings. The highest BCUT2D eigenvalue weighted by atomic mass is 16.3. The summed E-state index contributed by atoms with van der Waals surface area (Å²) >= 11 is 0. The molecule has 1 N–H and O–H groups in total. The number of likely N-dealkylation sites (N-methyl/N-ethyl adjacent to an activating group) is 1. The number of hydrogen-bond donors (Lipinski definition) is 1. The van der Waals surface area contributed by atoms with E-state index in [1.54, 1.807) is 0 Å². The molecule has 1 rings (SSSR count). The molecule has 15 heavy (non-hydrogen) atoms. The van der Waals surface area contributed by atoms with Crippen LogP contribution in [0.15, 0.2) is 30.3 Å². The van der Waals surface area contributed by atoms with E-state index in [1.807, 2.05) is 11.9 Å². The summed E-state index contributed by atoms with van der Waals surface area (Å²) in [5.74, 6) is 0. The number of nitrogens with zero attached hydrogens (tertiary/aromatic N) is 1. The Hall–Kier alpha value is -1.28. The molecule has 0 aromatic heterocycles. The van der Waals surface area contributed by atoms with Crippen LogP contribution in [0, 0.1) is 0 Å². The number of hydrogen-bond acceptors (Lipinski definition) is 2. The Morgan fingerprint density at radius 1 is 1.27 bits per heavy atom. The minimum Gasteiger partial charge on any atom is -0.395 e. The molecule has 1 aromatic carbocycles. The molecule has 0 amide bonds. The predicted octanol–water partition coefficient (Wildman–Crippen LogP) is 2.54. The topological polar surface area (TPSA) is 23.5 Å². The van der Waals surface area contributed by atoms with Gasteiger partial charge in [-0.15, -0.1) is 0 Å². The summed E-state index contributed by atoms with van der Waals surface area (Å²) in [5, 5.41) is 8.82. The third kappa shape index (κ3) is 3.76. The Bertz CT molecular complexity index is 303. The van der Waals surface area contributed by atoms with Crippen molar-refractivity contribution in [3.05, 3.63) is 35.9 Å². The first-order valence-corrected chi connectivity index (χ1v) is 5.36. The Balaban J connectivity index is 2.67. The molecular weight excluding hydrogens is 186 g/mol. The van der Waals surface area contributed by atoms with Gasteiger partial charge in [-0.3, -0.25) is 0 Å². The maximum Gasteiger partial charge on any atom is 0.0606 e. The summed E-state index contributed by atoms with van der Waals surface area (Å²) in [6.07, 6.45) is 5.33. The van der Waals surface area contributed by atoms with E-state index in [2.05, 4.69) is 43.3 Å². The molecule has 0 aliphatic rings. The first-order chi connectivity index (χ1) is 7.27. The summed E-state index contributed by atoms with van der Waals surface area (Å²) in [4.78, 5) is 2.04. The van der Waals surface area contributed by atoms with Crippen molar-refractivity contribution in [3.8, 4) is 0 Å². The number of allylic oxidation sites excluding steroid dienone is 1. The van der Waals surface area contributed by atoms with Gasteiger partial charge in [0.2, 0.25) is 0 Å². The molecule has 0 heterocycles. The lowest BCUT2D eigenvalue weighted by Gasteiger charge is -2.17. The summed E-state index contributed by atoms with van der Waals surface area (Å²) in [7, 11) is 1.98. The van der Waals surface area contributed by atoms with Crippen molar-refractivity contribution in [2.24, 2.45) is 0 Å². The van der Waals surface area contributed by atoms with Crippen LogP contribution in [0.5, 0.6) is 0 Å². The fourth-order valence-electron chi connectivity index (χ4n) is 1.37. The number of rotatable bonds is 5. The van der Waals surface area contributed by atoms with Crippen LogP contribution < -0.4 is 4.90 Å². The Morgan fingerprint density at radius 2 is 1.93 bits per heavy atom. The van der Waals surface area contributed by atoms with E-state index in [-0.39, 0.29) is 6.61 Å². The molecule has 0 spiro atoms. The van der Waals surface area contributed by atoms with Crippen LogP contribution in [0.1, 0.15) is 18.9 Å². The number of aliphatic hydroxyl groups excluding tert-OH is 1. The van der Waals surface area contributed by atoms with Crippen LogP contribution in [-0.2, 0) is 0 Å². The van der Waals surface area contributed by atoms with Gasteiger partial charge in [0.05, 0.1) is 6.61 Å². The minimum absolute atomic E-state index is 0.188. The second-order valence-corrected chi connectivity index (χ2v) is 3.55. The fourth-order valence-corrected chi connectivity index (χ4v) is 1.37. The third-order valence-electron chi connectivity index (χ3n) is 2.32. The van der Waals surface area contributed by atoms with E-state index in [0.29, 0.717) is 6.54 Å². The van der Waals surface area contributed by atoms with Crippen LogP contribution in [0.4, 0.5) is 5.69 Å². The summed E-state index contributed by atoms with van der Waals surface area (Å²) in [6.45, 7) is 2.98. The SMILES string of the molecule is CC/C=C/c1ccc(N(C)CCO)cc1. The van der Waals surface area contributed by atoms with Crippen LogP contribution in [0.3, 0.4) is 0 Å². The highest BCUT2D eigenvalue weighted by Gasteiger charge is 1.98. The van der Waals surface area contributed by atoms with E-state index in [9.17, 15) is 0 Å². The van der Waals surface area contributed by atoms with Crippen LogP contribution in [-0.4, -0.2) is 25.3 Å². The van der Waals surface area contributed by atoms with Crippen molar-refractivity contribution in [1.29, 1.82) is 0 Å². The van der Waals surface area contributed by atoms with E-state index in [1.165, 1.54) is 5.56 Å². The van der Waals surface area contributed by atoms with E-state index in [4.69, 9.17) is 5.11 Å². The zero-order chi connectivity index (χ0) is 11.1. The first kappa shape index (κ1) is 11.8. The minimum atomic E-state index is 0.188. The standard InChI is InChI=1S/C13H19NO/c1-3-4-5-12-6-8-13(9-7-12)14(2)10-11-15/h4-9,15H,3,10-11H2,1-2H3/b5-4+. The van der Waals surface area contributed by atoms with Crippen molar-refractivity contribution in [2.45, 2.75) is 13.3 Å². The van der Waals surface area contributed by atoms with Crippen molar-refractivity contribution in [3.63, 3.8) is 0 Å². The molecule has 1 aromatic rings. The molecule has 0 bridgehead atoms. The van der Waals surface area contributed by atoms with Gasteiger partial charge >= 0.3 is 0 Å². The smallest absolute Gasteiger partial charge is 0.0606 e. The maximum atomic E-state index is 8.82. The van der Waals surface area contributed by atoms with E-state index >= 15 is 0 Å². The van der Waals surface area contributed by atoms with Crippen LogP contribution in [0.25, 0.3) is 6.08 Å². The van der Waals surface area contributed by atoms with Crippen molar-refractivity contribution in [1.82, 2.24) is 0 Å². The van der Waals surface area contributed by atoms with Crippen LogP contribution in [0.2, 0.25) is 0 Å². The summed E-state index contributed by atoms with van der Waals surface area (Å²) < 4.78 is 0. The first-order valence-electron chi connectivity index (χ1n) is 5.36. The van der Waals surface area contributed by atoms with Gasteiger partial charge in [-0.25, -0.2) is 0 Å². The highest BCUT2D eigenvalue weighted by Crippen LogP contribution is 2.14. The van der Waals surface area contributed by atoms with Crippen LogP contribution >= 0.6 is 0 Å². The van der Waals surface area contributed by atoms with Gasteiger partial charge in [0.15, 0.2) is 0 Å². The Morgan fingerprint density at radius 3 is 2.47 bits per heavy atom. The molecule has 2 heteroatoms. The zero-order valence-corrected chi connectivity index (χ0v) is 9.48. The monoisotopic (exact) mass is 205 g/mol. The second kappa shape index (κ2) is 6.25. The molecule has 0 aliphatic heterocycles.